The minimum absolute atomic E-state index is 0.154. The lowest BCUT2D eigenvalue weighted by Crippen LogP contribution is -2.35. The molecule has 1 rings (SSSR count). The highest BCUT2D eigenvalue weighted by Crippen LogP contribution is 2.29. The van der Waals surface area contributed by atoms with Crippen molar-refractivity contribution in [2.24, 2.45) is 11.8 Å². The Morgan fingerprint density at radius 1 is 1.38 bits per heavy atom. The molecule has 1 fully saturated rings. The summed E-state index contributed by atoms with van der Waals surface area (Å²) >= 11 is 5.89. The summed E-state index contributed by atoms with van der Waals surface area (Å²) < 4.78 is 0. The van der Waals surface area contributed by atoms with E-state index in [-0.39, 0.29) is 11.3 Å². The van der Waals surface area contributed by atoms with Crippen molar-refractivity contribution in [1.82, 2.24) is 4.90 Å². The molecule has 0 radical (unpaired) electrons. The van der Waals surface area contributed by atoms with E-state index in [0.29, 0.717) is 5.91 Å². The molecule has 1 aliphatic carbocycles. The van der Waals surface area contributed by atoms with E-state index in [2.05, 4.69) is 6.92 Å². The number of hydrogen-bond donors (Lipinski definition) is 0. The van der Waals surface area contributed by atoms with E-state index in [1.807, 2.05) is 18.9 Å². The van der Waals surface area contributed by atoms with E-state index in [9.17, 15) is 4.79 Å². The topological polar surface area (TPSA) is 20.3 Å². The molecule has 2 nitrogen and oxygen atoms in total. The van der Waals surface area contributed by atoms with Crippen LogP contribution < -0.4 is 0 Å². The zero-order valence-corrected chi connectivity index (χ0v) is 11.5. The minimum atomic E-state index is 0.154. The van der Waals surface area contributed by atoms with E-state index in [1.54, 1.807) is 0 Å². The first-order chi connectivity index (χ1) is 7.50. The Bertz CT molecular complexity index is 222. The summed E-state index contributed by atoms with van der Waals surface area (Å²) in [6.45, 7) is 5.04. The van der Waals surface area contributed by atoms with Crippen molar-refractivity contribution >= 4 is 17.5 Å². The summed E-state index contributed by atoms with van der Waals surface area (Å²) in [4.78, 5) is 14.0. The molecule has 1 unspecified atom stereocenters. The Morgan fingerprint density at radius 3 is 2.44 bits per heavy atom. The van der Waals surface area contributed by atoms with Crippen LogP contribution in [0.1, 0.15) is 46.0 Å². The van der Waals surface area contributed by atoms with Gasteiger partial charge in [-0.3, -0.25) is 4.79 Å². The zero-order chi connectivity index (χ0) is 12.1. The third-order valence-electron chi connectivity index (χ3n) is 3.60. The van der Waals surface area contributed by atoms with Gasteiger partial charge in [-0.05, 0) is 44.9 Å². The number of hydrogen-bond acceptors (Lipinski definition) is 1. The molecule has 0 aromatic carbocycles. The van der Waals surface area contributed by atoms with Gasteiger partial charge in [0.2, 0.25) is 5.91 Å². The van der Waals surface area contributed by atoms with Crippen LogP contribution in [0.4, 0.5) is 0 Å². The maximum atomic E-state index is 12.1. The summed E-state index contributed by atoms with van der Waals surface area (Å²) in [6.07, 6.45) is 5.43. The molecule has 0 saturated heterocycles. The first-order valence-electron chi connectivity index (χ1n) is 6.39. The number of halogens is 1. The van der Waals surface area contributed by atoms with Gasteiger partial charge < -0.3 is 4.90 Å². The SMILES string of the molecule is CC(Cl)CCN(C)C(=O)C1CCC(C)CC1. The molecule has 0 spiro atoms. The molecule has 1 atom stereocenters. The van der Waals surface area contributed by atoms with E-state index < -0.39 is 0 Å². The van der Waals surface area contributed by atoms with Crippen LogP contribution in [0.15, 0.2) is 0 Å². The van der Waals surface area contributed by atoms with Crippen molar-refractivity contribution in [3.63, 3.8) is 0 Å². The van der Waals surface area contributed by atoms with Gasteiger partial charge in [-0.1, -0.05) is 6.92 Å². The van der Waals surface area contributed by atoms with E-state index in [1.165, 1.54) is 12.8 Å². The molecule has 3 heteroatoms. The van der Waals surface area contributed by atoms with Crippen molar-refractivity contribution in [3.05, 3.63) is 0 Å². The molecule has 0 aromatic heterocycles. The maximum absolute atomic E-state index is 12.1. The fourth-order valence-corrected chi connectivity index (χ4v) is 2.40. The molecule has 1 aliphatic rings. The second-order valence-corrected chi connectivity index (χ2v) is 6.03. The van der Waals surface area contributed by atoms with Crippen molar-refractivity contribution in [2.75, 3.05) is 13.6 Å². The highest BCUT2D eigenvalue weighted by molar-refractivity contribution is 6.20. The van der Waals surface area contributed by atoms with E-state index >= 15 is 0 Å². The van der Waals surface area contributed by atoms with Crippen LogP contribution in [0, 0.1) is 11.8 Å². The largest absolute Gasteiger partial charge is 0.345 e. The number of nitrogens with zero attached hydrogens (tertiary/aromatic N) is 1. The van der Waals surface area contributed by atoms with Crippen LogP contribution in [-0.4, -0.2) is 29.8 Å². The van der Waals surface area contributed by atoms with Gasteiger partial charge in [-0.2, -0.15) is 0 Å². The summed E-state index contributed by atoms with van der Waals surface area (Å²) in [6, 6.07) is 0. The number of carbonyl (C=O) groups is 1. The van der Waals surface area contributed by atoms with Gasteiger partial charge in [0.1, 0.15) is 0 Å². The summed E-state index contributed by atoms with van der Waals surface area (Å²) in [5.74, 6) is 1.40. The first-order valence-corrected chi connectivity index (χ1v) is 6.83. The molecule has 94 valence electrons. The number of carbonyl (C=O) groups excluding carboxylic acids is 1. The predicted octanol–water partition coefficient (Wildman–Crippen LogP) is 3.29. The highest BCUT2D eigenvalue weighted by Gasteiger charge is 2.26. The predicted molar refractivity (Wildman–Crippen MR) is 68.7 cm³/mol. The average Bonchev–Trinajstić information content (AvgIpc) is 2.26. The smallest absolute Gasteiger partial charge is 0.225 e. The van der Waals surface area contributed by atoms with Gasteiger partial charge in [-0.25, -0.2) is 0 Å². The second-order valence-electron chi connectivity index (χ2n) is 5.29. The third kappa shape index (κ3) is 4.32. The Kier molecular flexibility index (Phi) is 5.60. The fourth-order valence-electron chi connectivity index (χ4n) is 2.30. The molecule has 0 N–H and O–H groups in total. The molecular formula is C13H24ClNO. The molecule has 0 bridgehead atoms. The van der Waals surface area contributed by atoms with Crippen LogP contribution in [-0.2, 0) is 4.79 Å². The van der Waals surface area contributed by atoms with Crippen LogP contribution in [0.2, 0.25) is 0 Å². The Hall–Kier alpha value is -0.240. The molecule has 0 heterocycles. The third-order valence-corrected chi connectivity index (χ3v) is 3.82. The first kappa shape index (κ1) is 13.8. The monoisotopic (exact) mass is 245 g/mol. The molecular weight excluding hydrogens is 222 g/mol. The van der Waals surface area contributed by atoms with Crippen LogP contribution in [0.25, 0.3) is 0 Å². The van der Waals surface area contributed by atoms with Crippen LogP contribution in [0.5, 0.6) is 0 Å². The summed E-state index contributed by atoms with van der Waals surface area (Å²) in [5, 5.41) is 0.154. The quantitative estimate of drug-likeness (QED) is 0.696. The molecule has 0 aromatic rings. The lowest BCUT2D eigenvalue weighted by molar-refractivity contribution is -0.135. The van der Waals surface area contributed by atoms with Gasteiger partial charge in [0.15, 0.2) is 0 Å². The van der Waals surface area contributed by atoms with Crippen molar-refractivity contribution < 1.29 is 4.79 Å². The van der Waals surface area contributed by atoms with Crippen molar-refractivity contribution in [2.45, 2.75) is 51.3 Å². The normalized spacial score (nSPS) is 27.5. The maximum Gasteiger partial charge on any atom is 0.225 e. The highest BCUT2D eigenvalue weighted by atomic mass is 35.5. The molecule has 1 saturated carbocycles. The molecule has 1 amide bonds. The van der Waals surface area contributed by atoms with Gasteiger partial charge >= 0.3 is 0 Å². The average molecular weight is 246 g/mol. The Labute approximate surface area is 104 Å². The van der Waals surface area contributed by atoms with Gasteiger partial charge in [0.05, 0.1) is 0 Å². The minimum Gasteiger partial charge on any atom is -0.345 e. The van der Waals surface area contributed by atoms with Crippen LogP contribution >= 0.6 is 11.6 Å². The Morgan fingerprint density at radius 2 is 1.94 bits per heavy atom. The number of amides is 1. The lowest BCUT2D eigenvalue weighted by atomic mass is 9.82. The lowest BCUT2D eigenvalue weighted by Gasteiger charge is -2.29. The van der Waals surface area contributed by atoms with E-state index in [4.69, 9.17) is 11.6 Å². The second kappa shape index (κ2) is 6.48. The van der Waals surface area contributed by atoms with Crippen molar-refractivity contribution in [1.29, 1.82) is 0 Å². The summed E-state index contributed by atoms with van der Waals surface area (Å²) in [5.41, 5.74) is 0. The number of alkyl halides is 1. The molecule has 16 heavy (non-hydrogen) atoms. The Balaban J connectivity index is 2.32. The fraction of sp³-hybridized carbons (Fsp3) is 0.923. The van der Waals surface area contributed by atoms with Gasteiger partial charge in [-0.15, -0.1) is 11.6 Å². The van der Waals surface area contributed by atoms with E-state index in [0.717, 1.165) is 31.7 Å². The van der Waals surface area contributed by atoms with Gasteiger partial charge in [0, 0.05) is 24.9 Å². The zero-order valence-electron chi connectivity index (χ0n) is 10.7. The van der Waals surface area contributed by atoms with Gasteiger partial charge in [0.25, 0.3) is 0 Å². The molecule has 0 aliphatic heterocycles. The van der Waals surface area contributed by atoms with Crippen LogP contribution in [0.3, 0.4) is 0 Å². The summed E-state index contributed by atoms with van der Waals surface area (Å²) in [7, 11) is 1.90. The van der Waals surface area contributed by atoms with Crippen molar-refractivity contribution in [3.8, 4) is 0 Å². The standard InChI is InChI=1S/C13H24ClNO/c1-10-4-6-12(7-5-10)13(16)15(3)9-8-11(2)14/h10-12H,4-9H2,1-3H3. The number of rotatable bonds is 4.